The molecule has 106 valence electrons. The number of nitrogens with one attached hydrogen (secondary N) is 1. The summed E-state index contributed by atoms with van der Waals surface area (Å²) < 4.78 is 0. The van der Waals surface area contributed by atoms with Crippen LogP contribution in [0.2, 0.25) is 0 Å². The molecule has 0 unspecified atom stereocenters. The van der Waals surface area contributed by atoms with Gasteiger partial charge in [-0.25, -0.2) is 0 Å². The van der Waals surface area contributed by atoms with Gasteiger partial charge in [0, 0.05) is 31.9 Å². The molecule has 1 aliphatic rings. The Bertz CT molecular complexity index is 346. The summed E-state index contributed by atoms with van der Waals surface area (Å²) in [4.78, 5) is 9.23. The Morgan fingerprint density at radius 1 is 1.37 bits per heavy atom. The molecule has 0 aromatic carbocycles. The highest BCUT2D eigenvalue weighted by molar-refractivity contribution is 5.02. The van der Waals surface area contributed by atoms with Crippen LogP contribution in [0.3, 0.4) is 0 Å². The molecular weight excluding hydrogens is 236 g/mol. The molecular formula is C15H26N4. The predicted octanol–water partition coefficient (Wildman–Crippen LogP) is 1.20. The van der Waals surface area contributed by atoms with Crippen LogP contribution in [-0.2, 0) is 6.54 Å². The topological polar surface area (TPSA) is 31.4 Å². The van der Waals surface area contributed by atoms with Gasteiger partial charge in [0.05, 0.1) is 5.69 Å². The van der Waals surface area contributed by atoms with E-state index in [9.17, 15) is 0 Å². The molecule has 0 radical (unpaired) electrons. The van der Waals surface area contributed by atoms with Crippen LogP contribution < -0.4 is 5.32 Å². The van der Waals surface area contributed by atoms with Gasteiger partial charge in [-0.15, -0.1) is 0 Å². The van der Waals surface area contributed by atoms with Gasteiger partial charge in [-0.3, -0.25) is 4.98 Å². The van der Waals surface area contributed by atoms with Crippen molar-refractivity contribution in [3.8, 4) is 0 Å². The fraction of sp³-hybridized carbons (Fsp3) is 0.667. The van der Waals surface area contributed by atoms with Crippen LogP contribution in [0.25, 0.3) is 0 Å². The number of likely N-dealkylation sites (N-methyl/N-ethyl adjacent to an activating group) is 1. The number of piperidine rings is 1. The summed E-state index contributed by atoms with van der Waals surface area (Å²) in [5.74, 6) is 0. The number of rotatable bonds is 6. The van der Waals surface area contributed by atoms with E-state index >= 15 is 0 Å². The lowest BCUT2D eigenvalue weighted by atomic mass is 10.0. The third kappa shape index (κ3) is 4.90. The number of pyridine rings is 1. The zero-order valence-corrected chi connectivity index (χ0v) is 12.2. The summed E-state index contributed by atoms with van der Waals surface area (Å²) in [6, 6.07) is 6.81. The van der Waals surface area contributed by atoms with Crippen molar-refractivity contribution in [2.24, 2.45) is 0 Å². The normalized spacial score (nSPS) is 18.1. The Labute approximate surface area is 116 Å². The van der Waals surface area contributed by atoms with E-state index in [4.69, 9.17) is 0 Å². The number of aromatic nitrogens is 1. The lowest BCUT2D eigenvalue weighted by Crippen LogP contribution is -2.43. The molecule has 0 atom stereocenters. The maximum Gasteiger partial charge on any atom is 0.0541 e. The van der Waals surface area contributed by atoms with Crippen LogP contribution in [0, 0.1) is 0 Å². The predicted molar refractivity (Wildman–Crippen MR) is 79.1 cm³/mol. The number of hydrogen-bond acceptors (Lipinski definition) is 4. The van der Waals surface area contributed by atoms with Gasteiger partial charge in [0.25, 0.3) is 0 Å². The molecule has 2 rings (SSSR count). The van der Waals surface area contributed by atoms with Crippen molar-refractivity contribution >= 4 is 0 Å². The summed E-state index contributed by atoms with van der Waals surface area (Å²) in [6.07, 6.45) is 4.45. The second-order valence-corrected chi connectivity index (χ2v) is 5.51. The number of nitrogens with zero attached hydrogens (tertiary/aromatic N) is 3. The third-order valence-electron chi connectivity index (χ3n) is 3.98. The van der Waals surface area contributed by atoms with E-state index in [1.54, 1.807) is 0 Å². The highest BCUT2D eigenvalue weighted by atomic mass is 15.2. The van der Waals surface area contributed by atoms with E-state index in [0.29, 0.717) is 0 Å². The monoisotopic (exact) mass is 262 g/mol. The van der Waals surface area contributed by atoms with Gasteiger partial charge in [-0.1, -0.05) is 6.07 Å². The maximum atomic E-state index is 4.31. The molecule has 1 aromatic heterocycles. The average Bonchev–Trinajstić information content (AvgIpc) is 2.45. The highest BCUT2D eigenvalue weighted by Gasteiger charge is 2.19. The van der Waals surface area contributed by atoms with Gasteiger partial charge in [0.1, 0.15) is 0 Å². The first-order valence-corrected chi connectivity index (χ1v) is 7.25. The minimum Gasteiger partial charge on any atom is -0.310 e. The first-order chi connectivity index (χ1) is 9.25. The SMILES string of the molecule is CN1CCC(N(C)CCNCc2ccccn2)CC1. The summed E-state index contributed by atoms with van der Waals surface area (Å²) in [6.45, 7) is 5.47. The fourth-order valence-electron chi connectivity index (χ4n) is 2.59. The van der Waals surface area contributed by atoms with Crippen LogP contribution in [0.1, 0.15) is 18.5 Å². The molecule has 0 saturated carbocycles. The Kier molecular flexibility index (Phi) is 5.76. The summed E-state index contributed by atoms with van der Waals surface area (Å²) in [5.41, 5.74) is 1.12. The lowest BCUT2D eigenvalue weighted by Gasteiger charge is -2.35. The van der Waals surface area contributed by atoms with E-state index in [1.807, 2.05) is 18.3 Å². The Hall–Kier alpha value is -0.970. The molecule has 1 aromatic rings. The molecule has 1 saturated heterocycles. The van der Waals surface area contributed by atoms with Gasteiger partial charge < -0.3 is 15.1 Å². The van der Waals surface area contributed by atoms with E-state index in [0.717, 1.165) is 31.4 Å². The molecule has 4 nitrogen and oxygen atoms in total. The fourth-order valence-corrected chi connectivity index (χ4v) is 2.59. The van der Waals surface area contributed by atoms with Crippen molar-refractivity contribution in [3.63, 3.8) is 0 Å². The number of likely N-dealkylation sites (tertiary alicyclic amines) is 1. The third-order valence-corrected chi connectivity index (χ3v) is 3.98. The van der Waals surface area contributed by atoms with Gasteiger partial charge in [-0.05, 0) is 52.2 Å². The van der Waals surface area contributed by atoms with E-state index in [-0.39, 0.29) is 0 Å². The zero-order valence-electron chi connectivity index (χ0n) is 12.2. The van der Waals surface area contributed by atoms with E-state index < -0.39 is 0 Å². The maximum absolute atomic E-state index is 4.31. The van der Waals surface area contributed by atoms with Crippen molar-refractivity contribution in [2.45, 2.75) is 25.4 Å². The van der Waals surface area contributed by atoms with Gasteiger partial charge in [0.15, 0.2) is 0 Å². The molecule has 0 amide bonds. The second-order valence-electron chi connectivity index (χ2n) is 5.51. The van der Waals surface area contributed by atoms with Crippen LogP contribution in [-0.4, -0.2) is 61.1 Å². The van der Waals surface area contributed by atoms with Crippen molar-refractivity contribution in [3.05, 3.63) is 30.1 Å². The molecule has 2 heterocycles. The van der Waals surface area contributed by atoms with Crippen molar-refractivity contribution < 1.29 is 0 Å². The van der Waals surface area contributed by atoms with Crippen molar-refractivity contribution in [2.75, 3.05) is 40.3 Å². The Morgan fingerprint density at radius 3 is 2.84 bits per heavy atom. The quantitative estimate of drug-likeness (QED) is 0.781. The summed E-state index contributed by atoms with van der Waals surface area (Å²) in [5, 5.41) is 3.47. The molecule has 0 bridgehead atoms. The highest BCUT2D eigenvalue weighted by Crippen LogP contribution is 2.13. The number of hydrogen-bond donors (Lipinski definition) is 1. The van der Waals surface area contributed by atoms with Crippen molar-refractivity contribution in [1.29, 1.82) is 0 Å². The first-order valence-electron chi connectivity index (χ1n) is 7.25. The first kappa shape index (κ1) is 14.4. The molecule has 1 fully saturated rings. The average molecular weight is 262 g/mol. The Balaban J connectivity index is 1.60. The molecule has 1 aliphatic heterocycles. The zero-order chi connectivity index (χ0) is 13.5. The van der Waals surface area contributed by atoms with Crippen molar-refractivity contribution in [1.82, 2.24) is 20.1 Å². The lowest BCUT2D eigenvalue weighted by molar-refractivity contribution is 0.145. The van der Waals surface area contributed by atoms with Gasteiger partial charge in [0.2, 0.25) is 0 Å². The summed E-state index contributed by atoms with van der Waals surface area (Å²) in [7, 11) is 4.46. The Morgan fingerprint density at radius 2 is 2.16 bits per heavy atom. The van der Waals surface area contributed by atoms with Crippen LogP contribution >= 0.6 is 0 Å². The molecule has 1 N–H and O–H groups in total. The van der Waals surface area contributed by atoms with Gasteiger partial charge in [-0.2, -0.15) is 0 Å². The van der Waals surface area contributed by atoms with Crippen LogP contribution in [0.4, 0.5) is 0 Å². The van der Waals surface area contributed by atoms with Gasteiger partial charge >= 0.3 is 0 Å². The minimum atomic E-state index is 0.757. The van der Waals surface area contributed by atoms with Crippen LogP contribution in [0.15, 0.2) is 24.4 Å². The van der Waals surface area contributed by atoms with Crippen LogP contribution in [0.5, 0.6) is 0 Å². The molecule has 4 heteroatoms. The van der Waals surface area contributed by atoms with E-state index in [1.165, 1.54) is 25.9 Å². The summed E-state index contributed by atoms with van der Waals surface area (Å²) >= 11 is 0. The molecule has 0 spiro atoms. The standard InChI is InChI=1S/C15H26N4/c1-18-10-6-15(7-11-18)19(2)12-9-16-13-14-5-3-4-8-17-14/h3-5,8,15-16H,6-7,9-13H2,1-2H3. The molecule has 19 heavy (non-hydrogen) atoms. The van der Waals surface area contributed by atoms with E-state index in [2.05, 4.69) is 40.3 Å². The smallest absolute Gasteiger partial charge is 0.0541 e. The molecule has 0 aliphatic carbocycles. The largest absolute Gasteiger partial charge is 0.310 e. The minimum absolute atomic E-state index is 0.757. The second kappa shape index (κ2) is 7.58.